The molecule has 0 aliphatic rings. The first-order valence-electron chi connectivity index (χ1n) is 7.07. The molecule has 106 valence electrons. The Morgan fingerprint density at radius 2 is 1.90 bits per heavy atom. The summed E-state index contributed by atoms with van der Waals surface area (Å²) in [7, 11) is 0. The fourth-order valence-electron chi connectivity index (χ4n) is 2.42. The van der Waals surface area contributed by atoms with Crippen LogP contribution in [0.4, 0.5) is 0 Å². The van der Waals surface area contributed by atoms with E-state index in [4.69, 9.17) is 0 Å². The zero-order valence-electron chi connectivity index (χ0n) is 12.4. The average molecular weight is 270 g/mol. The van der Waals surface area contributed by atoms with Crippen molar-refractivity contribution >= 4 is 5.91 Å². The van der Waals surface area contributed by atoms with Crippen LogP contribution in [0, 0.1) is 13.8 Å². The Morgan fingerprint density at radius 3 is 2.45 bits per heavy atom. The summed E-state index contributed by atoms with van der Waals surface area (Å²) in [6.45, 7) is 7.47. The van der Waals surface area contributed by atoms with Crippen LogP contribution in [0.2, 0.25) is 0 Å². The first-order valence-corrected chi connectivity index (χ1v) is 7.07. The molecule has 1 aromatic heterocycles. The molecule has 1 amide bonds. The van der Waals surface area contributed by atoms with E-state index in [1.165, 1.54) is 5.56 Å². The molecule has 1 N–H and O–H groups in total. The Labute approximate surface area is 120 Å². The molecule has 0 saturated carbocycles. The molecule has 0 bridgehead atoms. The number of nitrogens with one attached hydrogen (secondary N) is 1. The van der Waals surface area contributed by atoms with Crippen LogP contribution in [0.5, 0.6) is 0 Å². The molecule has 0 radical (unpaired) electrons. The van der Waals surface area contributed by atoms with Crippen molar-refractivity contribution in [3.05, 3.63) is 58.9 Å². The van der Waals surface area contributed by atoms with Gasteiger partial charge < -0.3 is 9.88 Å². The van der Waals surface area contributed by atoms with E-state index in [0.717, 1.165) is 23.5 Å². The quantitative estimate of drug-likeness (QED) is 0.889. The summed E-state index contributed by atoms with van der Waals surface area (Å²) >= 11 is 0. The lowest BCUT2D eigenvalue weighted by atomic mass is 10.1. The van der Waals surface area contributed by atoms with Crippen molar-refractivity contribution in [2.24, 2.45) is 0 Å². The Hall–Kier alpha value is -2.03. The van der Waals surface area contributed by atoms with Gasteiger partial charge in [0, 0.05) is 24.5 Å². The van der Waals surface area contributed by atoms with Crippen LogP contribution in [0.15, 0.2) is 36.4 Å². The predicted molar refractivity (Wildman–Crippen MR) is 81.5 cm³/mol. The van der Waals surface area contributed by atoms with Crippen molar-refractivity contribution < 1.29 is 4.79 Å². The molecule has 1 aromatic carbocycles. The number of benzene rings is 1. The van der Waals surface area contributed by atoms with Gasteiger partial charge in [-0.05, 0) is 38.0 Å². The van der Waals surface area contributed by atoms with Crippen molar-refractivity contribution in [1.29, 1.82) is 0 Å². The maximum absolute atomic E-state index is 12.4. The Bertz CT molecular complexity index is 572. The Morgan fingerprint density at radius 1 is 1.20 bits per heavy atom. The first-order chi connectivity index (χ1) is 9.60. The van der Waals surface area contributed by atoms with Gasteiger partial charge in [-0.15, -0.1) is 0 Å². The van der Waals surface area contributed by atoms with E-state index in [-0.39, 0.29) is 5.91 Å². The molecule has 20 heavy (non-hydrogen) atoms. The van der Waals surface area contributed by atoms with E-state index in [1.54, 1.807) is 0 Å². The Kier molecular flexibility index (Phi) is 4.61. The second-order valence-electron chi connectivity index (χ2n) is 5.17. The number of carbonyl (C=O) groups is 1. The molecular weight excluding hydrogens is 248 g/mol. The number of hydrogen-bond donors (Lipinski definition) is 1. The summed E-state index contributed by atoms with van der Waals surface area (Å²) in [6.07, 6.45) is 0.469. The van der Waals surface area contributed by atoms with Crippen molar-refractivity contribution in [3.8, 4) is 0 Å². The number of amides is 1. The van der Waals surface area contributed by atoms with Crippen LogP contribution in [0.25, 0.3) is 0 Å². The summed E-state index contributed by atoms with van der Waals surface area (Å²) in [5, 5.41) is 0. The van der Waals surface area contributed by atoms with Crippen molar-refractivity contribution in [3.63, 3.8) is 0 Å². The van der Waals surface area contributed by atoms with Crippen LogP contribution in [-0.4, -0.2) is 22.3 Å². The number of nitrogens with zero attached hydrogens (tertiary/aromatic N) is 1. The number of aryl methyl sites for hydroxylation is 2. The van der Waals surface area contributed by atoms with Gasteiger partial charge >= 0.3 is 0 Å². The van der Waals surface area contributed by atoms with E-state index in [1.807, 2.05) is 43.9 Å². The van der Waals surface area contributed by atoms with Gasteiger partial charge in [0.2, 0.25) is 5.91 Å². The molecule has 0 atom stereocenters. The fraction of sp³-hybridized carbons (Fsp3) is 0.353. The highest BCUT2D eigenvalue weighted by molar-refractivity contribution is 5.79. The molecule has 0 saturated heterocycles. The van der Waals surface area contributed by atoms with E-state index in [2.05, 4.69) is 23.2 Å². The monoisotopic (exact) mass is 270 g/mol. The number of aromatic amines is 1. The lowest BCUT2D eigenvalue weighted by Gasteiger charge is -2.21. The highest BCUT2D eigenvalue weighted by Gasteiger charge is 2.14. The smallest absolute Gasteiger partial charge is 0.227 e. The normalized spacial score (nSPS) is 10.6. The molecule has 0 aliphatic carbocycles. The number of aromatic nitrogens is 1. The molecule has 2 aromatic rings. The third kappa shape index (κ3) is 3.50. The summed E-state index contributed by atoms with van der Waals surface area (Å²) in [4.78, 5) is 17.6. The molecule has 1 heterocycles. The molecule has 0 aliphatic heterocycles. The van der Waals surface area contributed by atoms with E-state index >= 15 is 0 Å². The van der Waals surface area contributed by atoms with Gasteiger partial charge in [0.25, 0.3) is 0 Å². The van der Waals surface area contributed by atoms with Crippen LogP contribution in [0.1, 0.15) is 29.4 Å². The van der Waals surface area contributed by atoms with Gasteiger partial charge in [0.15, 0.2) is 0 Å². The number of carbonyl (C=O) groups excluding carboxylic acids is 1. The zero-order valence-corrected chi connectivity index (χ0v) is 12.4. The number of likely N-dealkylation sites (N-methyl/N-ethyl adjacent to an activating group) is 1. The molecule has 0 spiro atoms. The van der Waals surface area contributed by atoms with Crippen molar-refractivity contribution in [2.75, 3.05) is 6.54 Å². The second-order valence-corrected chi connectivity index (χ2v) is 5.17. The molecule has 0 unspecified atom stereocenters. The second kappa shape index (κ2) is 6.42. The molecule has 3 heteroatoms. The molecule has 0 fully saturated rings. The van der Waals surface area contributed by atoms with Crippen LogP contribution >= 0.6 is 0 Å². The summed E-state index contributed by atoms with van der Waals surface area (Å²) in [6, 6.07) is 12.2. The maximum Gasteiger partial charge on any atom is 0.227 e. The van der Waals surface area contributed by atoms with E-state index in [9.17, 15) is 4.79 Å². The highest BCUT2D eigenvalue weighted by Crippen LogP contribution is 2.13. The number of hydrogen-bond acceptors (Lipinski definition) is 1. The van der Waals surface area contributed by atoms with Gasteiger partial charge in [0.1, 0.15) is 0 Å². The van der Waals surface area contributed by atoms with Crippen LogP contribution < -0.4 is 0 Å². The van der Waals surface area contributed by atoms with Crippen LogP contribution in [0.3, 0.4) is 0 Å². The minimum atomic E-state index is 0.179. The highest BCUT2D eigenvalue weighted by atomic mass is 16.2. The van der Waals surface area contributed by atoms with Gasteiger partial charge in [-0.2, -0.15) is 0 Å². The van der Waals surface area contributed by atoms with Crippen molar-refractivity contribution in [1.82, 2.24) is 9.88 Å². The lowest BCUT2D eigenvalue weighted by molar-refractivity contribution is -0.130. The third-order valence-corrected chi connectivity index (χ3v) is 3.55. The summed E-state index contributed by atoms with van der Waals surface area (Å²) < 4.78 is 0. The average Bonchev–Trinajstić information content (AvgIpc) is 2.75. The SMILES string of the molecule is CCN(Cc1ccccc1)C(=O)Cc1cc(C)[nH]c1C. The van der Waals surface area contributed by atoms with Gasteiger partial charge in [-0.1, -0.05) is 30.3 Å². The molecule has 3 nitrogen and oxygen atoms in total. The molecular formula is C17H22N2O. The minimum Gasteiger partial charge on any atom is -0.362 e. The van der Waals surface area contributed by atoms with E-state index < -0.39 is 0 Å². The topological polar surface area (TPSA) is 36.1 Å². The largest absolute Gasteiger partial charge is 0.362 e. The predicted octanol–water partition coefficient (Wildman–Crippen LogP) is 3.22. The maximum atomic E-state index is 12.4. The van der Waals surface area contributed by atoms with Gasteiger partial charge in [-0.3, -0.25) is 4.79 Å². The Balaban J connectivity index is 2.04. The summed E-state index contributed by atoms with van der Waals surface area (Å²) in [5.74, 6) is 0.179. The molecule has 2 rings (SSSR count). The summed E-state index contributed by atoms with van der Waals surface area (Å²) in [5.41, 5.74) is 4.46. The van der Waals surface area contributed by atoms with Gasteiger partial charge in [0.05, 0.1) is 6.42 Å². The minimum absolute atomic E-state index is 0.179. The zero-order chi connectivity index (χ0) is 14.5. The van der Waals surface area contributed by atoms with Gasteiger partial charge in [-0.25, -0.2) is 0 Å². The lowest BCUT2D eigenvalue weighted by Crippen LogP contribution is -2.31. The number of rotatable bonds is 5. The van der Waals surface area contributed by atoms with E-state index in [0.29, 0.717) is 13.0 Å². The van der Waals surface area contributed by atoms with Crippen LogP contribution in [-0.2, 0) is 17.8 Å². The third-order valence-electron chi connectivity index (χ3n) is 3.55. The fourth-order valence-corrected chi connectivity index (χ4v) is 2.42. The standard InChI is InChI=1S/C17H22N2O/c1-4-19(12-15-8-6-5-7-9-15)17(20)11-16-10-13(2)18-14(16)3/h5-10,18H,4,11-12H2,1-3H3. The van der Waals surface area contributed by atoms with Crippen molar-refractivity contribution in [2.45, 2.75) is 33.7 Å². The first kappa shape index (κ1) is 14.4. The number of H-pyrrole nitrogens is 1.